The van der Waals surface area contributed by atoms with Crippen LogP contribution in [0.15, 0.2) is 31.1 Å². The van der Waals surface area contributed by atoms with Crippen LogP contribution in [0.1, 0.15) is 25.7 Å². The molecule has 0 radical (unpaired) electrons. The van der Waals surface area contributed by atoms with Gasteiger partial charge in [-0.1, -0.05) is 6.08 Å². The molecule has 2 amide bonds. The Morgan fingerprint density at radius 1 is 1.35 bits per heavy atom. The molecule has 6 nitrogen and oxygen atoms in total. The lowest BCUT2D eigenvalue weighted by molar-refractivity contribution is 0.129. The van der Waals surface area contributed by atoms with Crippen LogP contribution in [0, 0.1) is 0 Å². The highest BCUT2D eigenvalue weighted by molar-refractivity contribution is 5.74. The number of rotatable bonds is 5. The highest BCUT2D eigenvalue weighted by atomic mass is 16.5. The van der Waals surface area contributed by atoms with E-state index in [1.165, 1.54) is 0 Å². The van der Waals surface area contributed by atoms with E-state index < -0.39 is 0 Å². The van der Waals surface area contributed by atoms with Gasteiger partial charge in [0.05, 0.1) is 0 Å². The lowest BCUT2D eigenvalue weighted by Crippen LogP contribution is -2.44. The van der Waals surface area contributed by atoms with Gasteiger partial charge < -0.3 is 15.4 Å². The van der Waals surface area contributed by atoms with Crippen LogP contribution in [0.5, 0.6) is 6.01 Å². The quantitative estimate of drug-likeness (QED) is 0.802. The second-order valence-corrected chi connectivity index (χ2v) is 4.77. The van der Waals surface area contributed by atoms with Crippen LogP contribution in [-0.2, 0) is 0 Å². The number of hydrogen-bond acceptors (Lipinski definition) is 4. The van der Waals surface area contributed by atoms with Crippen LogP contribution in [0.25, 0.3) is 0 Å². The number of nitrogens with zero attached hydrogens (tertiary/aromatic N) is 2. The van der Waals surface area contributed by atoms with Gasteiger partial charge in [0.25, 0.3) is 0 Å². The van der Waals surface area contributed by atoms with Crippen molar-refractivity contribution in [1.29, 1.82) is 0 Å². The van der Waals surface area contributed by atoms with Gasteiger partial charge in [-0.3, -0.25) is 0 Å². The largest absolute Gasteiger partial charge is 0.460 e. The first-order valence-corrected chi connectivity index (χ1v) is 6.87. The smallest absolute Gasteiger partial charge is 0.316 e. The maximum absolute atomic E-state index is 11.5. The molecular weight excluding hydrogens is 256 g/mol. The number of carbonyl (C=O) groups is 1. The van der Waals surface area contributed by atoms with Crippen molar-refractivity contribution in [2.24, 2.45) is 0 Å². The minimum absolute atomic E-state index is 0.131. The van der Waals surface area contributed by atoms with Gasteiger partial charge >= 0.3 is 12.0 Å². The summed E-state index contributed by atoms with van der Waals surface area (Å²) in [6, 6.07) is 2.25. The predicted molar refractivity (Wildman–Crippen MR) is 75.4 cm³/mol. The van der Waals surface area contributed by atoms with Crippen molar-refractivity contribution in [3.8, 4) is 6.01 Å². The summed E-state index contributed by atoms with van der Waals surface area (Å²) in [5.41, 5.74) is 0. The standard InChI is InChI=1S/C14H20N4O2/c1-2-8-15-13(19)18-11-4-6-12(7-5-11)20-14-16-9-3-10-17-14/h2-3,9-12H,1,4-8H2,(H2,15,18,19). The van der Waals surface area contributed by atoms with Gasteiger partial charge in [-0.05, 0) is 31.7 Å². The predicted octanol–water partition coefficient (Wildman–Crippen LogP) is 1.65. The van der Waals surface area contributed by atoms with Crippen molar-refractivity contribution in [2.75, 3.05) is 6.54 Å². The SMILES string of the molecule is C=CCNC(=O)NC1CCC(Oc2ncccn2)CC1. The summed E-state index contributed by atoms with van der Waals surface area (Å²) < 4.78 is 5.71. The Morgan fingerprint density at radius 3 is 2.70 bits per heavy atom. The first kappa shape index (κ1) is 14.3. The maximum atomic E-state index is 11.5. The number of amides is 2. The molecule has 0 aliphatic heterocycles. The molecule has 1 aromatic heterocycles. The third kappa shape index (κ3) is 4.53. The van der Waals surface area contributed by atoms with Gasteiger partial charge in [0.1, 0.15) is 6.10 Å². The van der Waals surface area contributed by atoms with Gasteiger partial charge in [0, 0.05) is 25.0 Å². The van der Waals surface area contributed by atoms with Gasteiger partial charge in [-0.25, -0.2) is 14.8 Å². The summed E-state index contributed by atoms with van der Waals surface area (Å²) in [6.07, 6.45) is 8.71. The normalized spacial score (nSPS) is 21.8. The average Bonchev–Trinajstić information content (AvgIpc) is 2.48. The van der Waals surface area contributed by atoms with Crippen molar-refractivity contribution < 1.29 is 9.53 Å². The highest BCUT2D eigenvalue weighted by Gasteiger charge is 2.23. The van der Waals surface area contributed by atoms with Crippen LogP contribution in [0.2, 0.25) is 0 Å². The molecule has 0 saturated heterocycles. The molecule has 1 aromatic rings. The Labute approximate surface area is 118 Å². The van der Waals surface area contributed by atoms with E-state index >= 15 is 0 Å². The Hall–Kier alpha value is -2.11. The molecule has 0 aromatic carbocycles. The lowest BCUT2D eigenvalue weighted by atomic mass is 9.93. The van der Waals surface area contributed by atoms with Gasteiger partial charge in [0.2, 0.25) is 0 Å². The maximum Gasteiger partial charge on any atom is 0.316 e. The third-order valence-corrected chi connectivity index (χ3v) is 3.23. The lowest BCUT2D eigenvalue weighted by Gasteiger charge is -2.28. The molecule has 2 rings (SSSR count). The van der Waals surface area contributed by atoms with Crippen LogP contribution < -0.4 is 15.4 Å². The van der Waals surface area contributed by atoms with E-state index in [1.807, 2.05) is 0 Å². The molecule has 1 fully saturated rings. The minimum Gasteiger partial charge on any atom is -0.460 e. The zero-order valence-corrected chi connectivity index (χ0v) is 11.4. The Kier molecular flexibility index (Phi) is 5.34. The monoisotopic (exact) mass is 276 g/mol. The van der Waals surface area contributed by atoms with Gasteiger partial charge in [0.15, 0.2) is 0 Å². The van der Waals surface area contributed by atoms with Crippen molar-refractivity contribution >= 4 is 6.03 Å². The van der Waals surface area contributed by atoms with Crippen molar-refractivity contribution in [2.45, 2.75) is 37.8 Å². The molecule has 6 heteroatoms. The van der Waals surface area contributed by atoms with E-state index in [2.05, 4.69) is 27.2 Å². The number of hydrogen-bond donors (Lipinski definition) is 2. The summed E-state index contributed by atoms with van der Waals surface area (Å²) in [5, 5.41) is 5.66. The van der Waals surface area contributed by atoms with E-state index in [0.29, 0.717) is 12.6 Å². The Balaban J connectivity index is 1.70. The fourth-order valence-corrected chi connectivity index (χ4v) is 2.22. The van der Waals surface area contributed by atoms with E-state index in [-0.39, 0.29) is 18.2 Å². The number of nitrogens with one attached hydrogen (secondary N) is 2. The first-order chi connectivity index (χ1) is 9.78. The number of carbonyl (C=O) groups excluding carboxylic acids is 1. The molecule has 0 spiro atoms. The van der Waals surface area contributed by atoms with Crippen LogP contribution >= 0.6 is 0 Å². The molecule has 1 saturated carbocycles. The fraction of sp³-hybridized carbons (Fsp3) is 0.500. The van der Waals surface area contributed by atoms with Crippen LogP contribution in [0.4, 0.5) is 4.79 Å². The van der Waals surface area contributed by atoms with Crippen LogP contribution in [-0.4, -0.2) is 34.7 Å². The second-order valence-electron chi connectivity index (χ2n) is 4.77. The summed E-state index contributed by atoms with van der Waals surface area (Å²) >= 11 is 0. The van der Waals surface area contributed by atoms with E-state index in [9.17, 15) is 4.79 Å². The second kappa shape index (κ2) is 7.47. The zero-order valence-electron chi connectivity index (χ0n) is 11.4. The first-order valence-electron chi connectivity index (χ1n) is 6.87. The third-order valence-electron chi connectivity index (χ3n) is 3.23. The topological polar surface area (TPSA) is 76.1 Å². The molecule has 2 N–H and O–H groups in total. The number of urea groups is 1. The summed E-state index contributed by atoms with van der Waals surface area (Å²) in [4.78, 5) is 19.6. The Morgan fingerprint density at radius 2 is 2.05 bits per heavy atom. The van der Waals surface area contributed by atoms with Crippen molar-refractivity contribution in [3.63, 3.8) is 0 Å². The molecule has 0 atom stereocenters. The molecule has 1 aliphatic carbocycles. The molecule has 0 bridgehead atoms. The number of aromatic nitrogens is 2. The van der Waals surface area contributed by atoms with Crippen molar-refractivity contribution in [1.82, 2.24) is 20.6 Å². The Bertz CT molecular complexity index is 430. The minimum atomic E-state index is -0.138. The van der Waals surface area contributed by atoms with E-state index in [4.69, 9.17) is 4.74 Å². The number of ether oxygens (including phenoxy) is 1. The molecule has 1 aliphatic rings. The molecule has 20 heavy (non-hydrogen) atoms. The zero-order chi connectivity index (χ0) is 14.2. The molecule has 1 heterocycles. The van der Waals surface area contributed by atoms with Crippen molar-refractivity contribution in [3.05, 3.63) is 31.1 Å². The highest BCUT2D eigenvalue weighted by Crippen LogP contribution is 2.21. The fourth-order valence-electron chi connectivity index (χ4n) is 2.22. The van der Waals surface area contributed by atoms with Gasteiger partial charge in [-0.2, -0.15) is 0 Å². The summed E-state index contributed by atoms with van der Waals surface area (Å²) in [5.74, 6) is 0. The van der Waals surface area contributed by atoms with E-state index in [0.717, 1.165) is 25.7 Å². The van der Waals surface area contributed by atoms with E-state index in [1.54, 1.807) is 24.5 Å². The average molecular weight is 276 g/mol. The molecule has 108 valence electrons. The summed E-state index contributed by atoms with van der Waals surface area (Å²) in [7, 11) is 0. The van der Waals surface area contributed by atoms with Crippen LogP contribution in [0.3, 0.4) is 0 Å². The molecular formula is C14H20N4O2. The molecule has 0 unspecified atom stereocenters. The van der Waals surface area contributed by atoms with Gasteiger partial charge in [-0.15, -0.1) is 6.58 Å². The summed E-state index contributed by atoms with van der Waals surface area (Å²) in [6.45, 7) is 4.04.